The number of sulfonamides is 1. The minimum absolute atomic E-state index is 0.0733. The van der Waals surface area contributed by atoms with Crippen molar-refractivity contribution in [2.75, 3.05) is 28.6 Å². The zero-order valence-electron chi connectivity index (χ0n) is 20.1. The molecule has 2 N–H and O–H groups in total. The van der Waals surface area contributed by atoms with Crippen molar-refractivity contribution in [3.8, 4) is 21.8 Å². The zero-order valence-corrected chi connectivity index (χ0v) is 22.5. The lowest BCUT2D eigenvalue weighted by Gasteiger charge is -2.10. The highest BCUT2D eigenvalue weighted by molar-refractivity contribution is 7.92. The fourth-order valence-electron chi connectivity index (χ4n) is 3.23. The predicted octanol–water partition coefficient (Wildman–Crippen LogP) is 4.38. The molecule has 4 aromatic rings. The third kappa shape index (κ3) is 6.50. The van der Waals surface area contributed by atoms with E-state index < -0.39 is 25.7 Å². The highest BCUT2D eigenvalue weighted by Crippen LogP contribution is 2.39. The third-order valence-electron chi connectivity index (χ3n) is 5.03. The average Bonchev–Trinajstić information content (AvgIpc) is 3.51. The van der Waals surface area contributed by atoms with Gasteiger partial charge in [0.15, 0.2) is 0 Å². The van der Waals surface area contributed by atoms with Crippen molar-refractivity contribution in [1.82, 2.24) is 15.0 Å². The number of hydrogen-bond donors (Lipinski definition) is 2. The molecule has 196 valence electrons. The average molecular weight is 566 g/mol. The number of rotatable bonds is 10. The maximum atomic E-state index is 14.6. The summed E-state index contributed by atoms with van der Waals surface area (Å²) in [5.74, 6) is -0.503. The summed E-state index contributed by atoms with van der Waals surface area (Å²) in [7, 11) is -7.29. The molecule has 37 heavy (non-hydrogen) atoms. The molecule has 0 amide bonds. The van der Waals surface area contributed by atoms with Crippen LogP contribution in [0.1, 0.15) is 24.8 Å². The maximum Gasteiger partial charge on any atom is 0.295 e. The van der Waals surface area contributed by atoms with E-state index in [1.54, 1.807) is 6.07 Å². The summed E-state index contributed by atoms with van der Waals surface area (Å²) < 4.78 is 69.8. The molecule has 3 aromatic heterocycles. The van der Waals surface area contributed by atoms with Crippen molar-refractivity contribution in [2.45, 2.75) is 24.9 Å². The Balaban J connectivity index is 1.72. The van der Waals surface area contributed by atoms with Crippen LogP contribution in [0.2, 0.25) is 0 Å². The van der Waals surface area contributed by atoms with E-state index in [4.69, 9.17) is 9.40 Å². The second kappa shape index (κ2) is 10.6. The fourth-order valence-corrected chi connectivity index (χ4v) is 5.75. The van der Waals surface area contributed by atoms with Crippen LogP contribution in [0.5, 0.6) is 0 Å². The van der Waals surface area contributed by atoms with Gasteiger partial charge in [0, 0.05) is 30.5 Å². The van der Waals surface area contributed by atoms with Crippen LogP contribution in [0.4, 0.5) is 16.0 Å². The topological polar surface area (TPSA) is 144 Å². The van der Waals surface area contributed by atoms with Crippen LogP contribution in [0.25, 0.3) is 21.8 Å². The van der Waals surface area contributed by atoms with Gasteiger partial charge >= 0.3 is 0 Å². The first-order valence-electron chi connectivity index (χ1n) is 11.0. The Bertz CT molecular complexity index is 1620. The molecular weight excluding hydrogens is 541 g/mol. The quantitative estimate of drug-likeness (QED) is 0.286. The number of nitrogens with zero attached hydrogens (tertiary/aromatic N) is 3. The molecule has 0 saturated heterocycles. The Labute approximate surface area is 218 Å². The molecule has 0 aliphatic heterocycles. The van der Waals surface area contributed by atoms with E-state index in [2.05, 4.69) is 20.0 Å². The molecule has 0 bridgehead atoms. The van der Waals surface area contributed by atoms with Gasteiger partial charge < -0.3 is 9.73 Å². The standard InChI is InChI=1S/C23H24FN5O5S3/c1-14(2)22-28-20(21(35-22)17-8-9-25-23(27-17)26-10-12-36(3,30)31)15-6-7-16(24)18(13-15)29-37(32,33)19-5-4-11-34-19/h4-9,11,13-14,29H,10,12H2,1-3H3,(H,25,26,27). The molecule has 0 saturated carbocycles. The fraction of sp³-hybridized carbons (Fsp3) is 0.261. The molecule has 14 heteroatoms. The molecule has 4 rings (SSSR count). The van der Waals surface area contributed by atoms with Gasteiger partial charge in [0.2, 0.25) is 11.0 Å². The number of hydrogen-bond acceptors (Lipinski definition) is 10. The summed E-state index contributed by atoms with van der Waals surface area (Å²) in [6, 6.07) is 8.40. The first-order chi connectivity index (χ1) is 17.4. The maximum absolute atomic E-state index is 14.6. The normalized spacial score (nSPS) is 12.1. The Morgan fingerprint density at radius 3 is 2.57 bits per heavy atom. The van der Waals surface area contributed by atoms with E-state index in [-0.39, 0.29) is 34.9 Å². The van der Waals surface area contributed by atoms with E-state index in [1.807, 2.05) is 13.8 Å². The summed E-state index contributed by atoms with van der Waals surface area (Å²) >= 11 is 1.40. The molecule has 0 aliphatic rings. The van der Waals surface area contributed by atoms with Gasteiger partial charge in [-0.05, 0) is 36.4 Å². The lowest BCUT2D eigenvalue weighted by Crippen LogP contribution is -2.15. The SMILES string of the molecule is CC(C)c1nc(-c2ccc(F)c(NS(=O)(=O)c3ccco3)c2)c(-c2ccnc(NCCS(C)(=O)=O)n2)s1. The van der Waals surface area contributed by atoms with E-state index >= 15 is 0 Å². The van der Waals surface area contributed by atoms with Crippen LogP contribution in [0.15, 0.2) is 58.4 Å². The summed E-state index contributed by atoms with van der Waals surface area (Å²) in [6.45, 7) is 4.11. The Hall–Kier alpha value is -3.36. The van der Waals surface area contributed by atoms with Gasteiger partial charge in [-0.15, -0.1) is 11.3 Å². The molecule has 1 aromatic carbocycles. The summed E-state index contributed by atoms with van der Waals surface area (Å²) in [5.41, 5.74) is 1.23. The van der Waals surface area contributed by atoms with Crippen molar-refractivity contribution < 1.29 is 25.6 Å². The Morgan fingerprint density at radius 1 is 1.11 bits per heavy atom. The lowest BCUT2D eigenvalue weighted by molar-refractivity contribution is 0.452. The largest absolute Gasteiger partial charge is 0.451 e. The molecule has 0 atom stereocenters. The number of benzene rings is 1. The van der Waals surface area contributed by atoms with Crippen molar-refractivity contribution in [3.63, 3.8) is 0 Å². The van der Waals surface area contributed by atoms with Crippen molar-refractivity contribution >= 4 is 42.8 Å². The number of thiazole rings is 1. The minimum atomic E-state index is -4.13. The molecule has 3 heterocycles. The van der Waals surface area contributed by atoms with Crippen molar-refractivity contribution in [2.24, 2.45) is 0 Å². The van der Waals surface area contributed by atoms with Gasteiger partial charge in [-0.2, -0.15) is 8.42 Å². The summed E-state index contributed by atoms with van der Waals surface area (Å²) in [5, 5.41) is 3.36. The lowest BCUT2D eigenvalue weighted by atomic mass is 10.1. The minimum Gasteiger partial charge on any atom is -0.451 e. The number of furan rings is 1. The van der Waals surface area contributed by atoms with Crippen molar-refractivity contribution in [3.05, 3.63) is 59.7 Å². The highest BCUT2D eigenvalue weighted by atomic mass is 32.2. The van der Waals surface area contributed by atoms with Gasteiger partial charge in [-0.3, -0.25) is 4.72 Å². The summed E-state index contributed by atoms with van der Waals surface area (Å²) in [4.78, 5) is 14.1. The number of aromatic nitrogens is 3. The monoisotopic (exact) mass is 565 g/mol. The summed E-state index contributed by atoms with van der Waals surface area (Å²) in [6.07, 6.45) is 3.90. The number of anilines is 2. The van der Waals surface area contributed by atoms with Crippen LogP contribution in [0, 0.1) is 5.82 Å². The van der Waals surface area contributed by atoms with E-state index in [9.17, 15) is 21.2 Å². The van der Waals surface area contributed by atoms with Gasteiger partial charge in [-0.1, -0.05) is 13.8 Å². The van der Waals surface area contributed by atoms with Gasteiger partial charge in [-0.25, -0.2) is 27.8 Å². The first-order valence-corrected chi connectivity index (χ1v) is 15.4. The van der Waals surface area contributed by atoms with Crippen LogP contribution in [-0.4, -0.2) is 50.3 Å². The van der Waals surface area contributed by atoms with Gasteiger partial charge in [0.05, 0.1) is 39.0 Å². The van der Waals surface area contributed by atoms with Crippen molar-refractivity contribution in [1.29, 1.82) is 0 Å². The second-order valence-corrected chi connectivity index (χ2v) is 13.3. The predicted molar refractivity (Wildman–Crippen MR) is 140 cm³/mol. The van der Waals surface area contributed by atoms with E-state index in [0.29, 0.717) is 21.8 Å². The second-order valence-electron chi connectivity index (χ2n) is 8.44. The van der Waals surface area contributed by atoms with Crippen LogP contribution < -0.4 is 10.0 Å². The molecule has 10 nitrogen and oxygen atoms in total. The molecule has 0 spiro atoms. The van der Waals surface area contributed by atoms with Crippen LogP contribution >= 0.6 is 11.3 Å². The molecule has 0 fully saturated rings. The molecule has 0 aliphatic carbocycles. The Morgan fingerprint density at radius 2 is 1.89 bits per heavy atom. The first kappa shape index (κ1) is 26.7. The number of sulfone groups is 1. The van der Waals surface area contributed by atoms with E-state index in [1.165, 1.54) is 48.1 Å². The van der Waals surface area contributed by atoms with Gasteiger partial charge in [0.1, 0.15) is 15.7 Å². The molecule has 0 radical (unpaired) electrons. The number of halogens is 1. The van der Waals surface area contributed by atoms with Crippen LogP contribution in [0.3, 0.4) is 0 Å². The molecular formula is C23H24FN5O5S3. The van der Waals surface area contributed by atoms with Gasteiger partial charge in [0.25, 0.3) is 10.0 Å². The molecule has 0 unspecified atom stereocenters. The van der Waals surface area contributed by atoms with E-state index in [0.717, 1.165) is 17.3 Å². The smallest absolute Gasteiger partial charge is 0.295 e. The highest BCUT2D eigenvalue weighted by Gasteiger charge is 2.22. The number of nitrogens with one attached hydrogen (secondary N) is 2. The zero-order chi connectivity index (χ0) is 26.8. The third-order valence-corrected chi connectivity index (χ3v) is 8.60. The van der Waals surface area contributed by atoms with Crippen LogP contribution in [-0.2, 0) is 19.9 Å². The Kier molecular flexibility index (Phi) is 7.62.